The number of amides is 3. The predicted octanol–water partition coefficient (Wildman–Crippen LogP) is 0.503. The first-order valence-corrected chi connectivity index (χ1v) is 4.47. The van der Waals surface area contributed by atoms with Gasteiger partial charge < -0.3 is 10.8 Å². The summed E-state index contributed by atoms with van der Waals surface area (Å²) < 4.78 is 0. The highest BCUT2D eigenvalue weighted by Crippen LogP contribution is 1.97. The molecule has 0 bridgehead atoms. The molecule has 86 valence electrons. The Morgan fingerprint density at radius 2 is 1.94 bits per heavy atom. The third-order valence-corrected chi connectivity index (χ3v) is 1.44. The number of carbonyl (C=O) groups excluding carboxylic acids is 2. The Morgan fingerprint density at radius 3 is 2.19 bits per heavy atom. The molecule has 1 aromatic carbocycles. The van der Waals surface area contributed by atoms with Crippen molar-refractivity contribution in [2.24, 2.45) is 5.73 Å². The standard InChI is InChI=1S/C8H8.C3H6N2O3/c1-2-8-6-4-3-5-7-8;4-3(8)5-2(7)1-6/h2-7H,1H2;6H,1H2,(H3,4,5,7,8). The normalized spacial score (nSPS) is 8.31. The van der Waals surface area contributed by atoms with Crippen LogP contribution in [0.4, 0.5) is 4.79 Å². The van der Waals surface area contributed by atoms with Crippen LogP contribution in [-0.2, 0) is 4.79 Å². The van der Waals surface area contributed by atoms with Crippen molar-refractivity contribution in [1.29, 1.82) is 0 Å². The topological polar surface area (TPSA) is 92.4 Å². The number of hydrogen-bond acceptors (Lipinski definition) is 3. The van der Waals surface area contributed by atoms with Crippen LogP contribution in [0, 0.1) is 0 Å². The van der Waals surface area contributed by atoms with Gasteiger partial charge in [-0.25, -0.2) is 4.79 Å². The Balaban J connectivity index is 0.000000281. The highest BCUT2D eigenvalue weighted by molar-refractivity contribution is 5.93. The summed E-state index contributed by atoms with van der Waals surface area (Å²) in [5.41, 5.74) is 5.66. The van der Waals surface area contributed by atoms with Crippen molar-refractivity contribution in [2.45, 2.75) is 0 Å². The Labute approximate surface area is 93.6 Å². The number of aliphatic hydroxyl groups excluding tert-OH is 1. The molecule has 0 fully saturated rings. The Kier molecular flexibility index (Phi) is 7.10. The Hall–Kier alpha value is -2.14. The van der Waals surface area contributed by atoms with Gasteiger partial charge in [-0.2, -0.15) is 0 Å². The average Bonchev–Trinajstić information content (AvgIpc) is 2.30. The van der Waals surface area contributed by atoms with E-state index in [0.29, 0.717) is 0 Å². The first-order chi connectivity index (χ1) is 7.60. The smallest absolute Gasteiger partial charge is 0.318 e. The second-order valence-corrected chi connectivity index (χ2v) is 2.69. The number of nitrogens with two attached hydrogens (primary N) is 1. The van der Waals surface area contributed by atoms with Gasteiger partial charge in [-0.05, 0) is 5.56 Å². The van der Waals surface area contributed by atoms with Crippen LogP contribution in [0.2, 0.25) is 0 Å². The van der Waals surface area contributed by atoms with Crippen LogP contribution < -0.4 is 11.1 Å². The van der Waals surface area contributed by atoms with E-state index < -0.39 is 18.5 Å². The van der Waals surface area contributed by atoms with Gasteiger partial charge in [-0.1, -0.05) is 43.0 Å². The van der Waals surface area contributed by atoms with Crippen LogP contribution in [0.5, 0.6) is 0 Å². The lowest BCUT2D eigenvalue weighted by molar-refractivity contribution is -0.122. The molecule has 0 aromatic heterocycles. The average molecular weight is 222 g/mol. The molecule has 16 heavy (non-hydrogen) atoms. The summed E-state index contributed by atoms with van der Waals surface area (Å²) in [4.78, 5) is 19.7. The van der Waals surface area contributed by atoms with E-state index in [2.05, 4.69) is 12.3 Å². The van der Waals surface area contributed by atoms with Crippen LogP contribution in [0.1, 0.15) is 5.56 Å². The molecule has 0 spiro atoms. The van der Waals surface area contributed by atoms with Crippen molar-refractivity contribution in [1.82, 2.24) is 5.32 Å². The number of imide groups is 1. The van der Waals surface area contributed by atoms with Crippen LogP contribution in [0.15, 0.2) is 36.9 Å². The van der Waals surface area contributed by atoms with E-state index in [9.17, 15) is 9.59 Å². The van der Waals surface area contributed by atoms with Gasteiger partial charge in [0.1, 0.15) is 6.61 Å². The summed E-state index contributed by atoms with van der Waals surface area (Å²) in [6.07, 6.45) is 1.83. The number of urea groups is 1. The predicted molar refractivity (Wildman–Crippen MR) is 61.3 cm³/mol. The summed E-state index contributed by atoms with van der Waals surface area (Å²) in [5, 5.41) is 9.61. The summed E-state index contributed by atoms with van der Waals surface area (Å²) in [7, 11) is 0. The zero-order chi connectivity index (χ0) is 12.4. The minimum atomic E-state index is -0.955. The van der Waals surface area contributed by atoms with E-state index in [1.807, 2.05) is 36.4 Å². The zero-order valence-electron chi connectivity index (χ0n) is 8.72. The van der Waals surface area contributed by atoms with Gasteiger partial charge in [0.25, 0.3) is 5.91 Å². The lowest BCUT2D eigenvalue weighted by atomic mass is 10.2. The fraction of sp³-hybridized carbons (Fsp3) is 0.0909. The summed E-state index contributed by atoms with van der Waals surface area (Å²) in [6.45, 7) is 2.91. The van der Waals surface area contributed by atoms with Gasteiger partial charge in [0.05, 0.1) is 0 Å². The number of rotatable bonds is 2. The lowest BCUT2D eigenvalue weighted by Crippen LogP contribution is -2.36. The van der Waals surface area contributed by atoms with Crippen LogP contribution >= 0.6 is 0 Å². The summed E-state index contributed by atoms with van der Waals surface area (Å²) in [5.74, 6) is -0.794. The molecular formula is C11H14N2O3. The van der Waals surface area contributed by atoms with E-state index in [1.165, 1.54) is 5.56 Å². The molecule has 0 radical (unpaired) electrons. The molecule has 0 aliphatic rings. The summed E-state index contributed by atoms with van der Waals surface area (Å²) in [6, 6.07) is 9.07. The van der Waals surface area contributed by atoms with Crippen molar-refractivity contribution in [3.8, 4) is 0 Å². The van der Waals surface area contributed by atoms with Crippen molar-refractivity contribution >= 4 is 18.0 Å². The highest BCUT2D eigenvalue weighted by atomic mass is 16.3. The molecule has 1 rings (SSSR count). The molecule has 0 aliphatic heterocycles. The van der Waals surface area contributed by atoms with Gasteiger partial charge >= 0.3 is 6.03 Å². The zero-order valence-corrected chi connectivity index (χ0v) is 8.72. The van der Waals surface area contributed by atoms with Gasteiger partial charge in [-0.15, -0.1) is 0 Å². The molecule has 0 heterocycles. The maximum Gasteiger partial charge on any atom is 0.318 e. The van der Waals surface area contributed by atoms with E-state index in [1.54, 1.807) is 5.32 Å². The van der Waals surface area contributed by atoms with E-state index in [0.717, 1.165) is 0 Å². The second kappa shape index (κ2) is 8.19. The number of aliphatic hydroxyl groups is 1. The molecule has 1 aromatic rings. The highest BCUT2D eigenvalue weighted by Gasteiger charge is 1.98. The monoisotopic (exact) mass is 222 g/mol. The third kappa shape index (κ3) is 7.28. The minimum Gasteiger partial charge on any atom is -0.387 e. The first-order valence-electron chi connectivity index (χ1n) is 4.47. The van der Waals surface area contributed by atoms with E-state index in [4.69, 9.17) is 5.11 Å². The van der Waals surface area contributed by atoms with Crippen LogP contribution in [0.25, 0.3) is 6.08 Å². The third-order valence-electron chi connectivity index (χ3n) is 1.44. The molecule has 5 heteroatoms. The SMILES string of the molecule is C=Cc1ccccc1.NC(=O)NC(=O)CO. The van der Waals surface area contributed by atoms with E-state index >= 15 is 0 Å². The van der Waals surface area contributed by atoms with Gasteiger partial charge in [0, 0.05) is 0 Å². The Bertz CT molecular complexity index is 350. The van der Waals surface area contributed by atoms with Crippen molar-refractivity contribution < 1.29 is 14.7 Å². The Morgan fingerprint density at radius 1 is 1.38 bits per heavy atom. The molecule has 0 atom stereocenters. The van der Waals surface area contributed by atoms with Gasteiger partial charge in [0.15, 0.2) is 0 Å². The first kappa shape index (κ1) is 13.9. The molecule has 3 amide bonds. The van der Waals surface area contributed by atoms with Crippen molar-refractivity contribution in [3.05, 3.63) is 42.5 Å². The second-order valence-electron chi connectivity index (χ2n) is 2.69. The quantitative estimate of drug-likeness (QED) is 0.680. The number of benzene rings is 1. The molecule has 0 saturated carbocycles. The number of nitrogens with one attached hydrogen (secondary N) is 1. The van der Waals surface area contributed by atoms with Crippen LogP contribution in [0.3, 0.4) is 0 Å². The maximum atomic E-state index is 9.96. The van der Waals surface area contributed by atoms with Crippen LogP contribution in [-0.4, -0.2) is 23.7 Å². The lowest BCUT2D eigenvalue weighted by Gasteiger charge is -1.92. The molecule has 4 N–H and O–H groups in total. The van der Waals surface area contributed by atoms with Crippen molar-refractivity contribution in [2.75, 3.05) is 6.61 Å². The largest absolute Gasteiger partial charge is 0.387 e. The molecule has 5 nitrogen and oxygen atoms in total. The summed E-state index contributed by atoms with van der Waals surface area (Å²) >= 11 is 0. The van der Waals surface area contributed by atoms with E-state index in [-0.39, 0.29) is 0 Å². The van der Waals surface area contributed by atoms with Gasteiger partial charge in [-0.3, -0.25) is 10.1 Å². The van der Waals surface area contributed by atoms with Crippen molar-refractivity contribution in [3.63, 3.8) is 0 Å². The van der Waals surface area contributed by atoms with Gasteiger partial charge in [0.2, 0.25) is 0 Å². The molecule has 0 unspecified atom stereocenters. The molecule has 0 saturated heterocycles. The fourth-order valence-corrected chi connectivity index (χ4v) is 0.766. The molecular weight excluding hydrogens is 208 g/mol. The number of hydrogen-bond donors (Lipinski definition) is 3. The molecule has 0 aliphatic carbocycles. The minimum absolute atomic E-state index is 0.719. The maximum absolute atomic E-state index is 9.96. The fourth-order valence-electron chi connectivity index (χ4n) is 0.766. The number of carbonyl (C=O) groups is 2. The number of primary amides is 1.